The van der Waals surface area contributed by atoms with Crippen molar-refractivity contribution in [3.63, 3.8) is 0 Å². The zero-order valence-corrected chi connectivity index (χ0v) is 13.3. The number of ether oxygens (including phenoxy) is 1. The second kappa shape index (κ2) is 5.71. The first kappa shape index (κ1) is 13.9. The number of nitrogens with zero attached hydrogens (tertiary/aromatic N) is 2. The smallest absolute Gasteiger partial charge is 0.174 e. The molecule has 0 amide bonds. The van der Waals surface area contributed by atoms with Gasteiger partial charge in [-0.1, -0.05) is 29.2 Å². The summed E-state index contributed by atoms with van der Waals surface area (Å²) in [6, 6.07) is 6.68. The highest BCUT2D eigenvalue weighted by Gasteiger charge is 2.33. The lowest BCUT2D eigenvalue weighted by molar-refractivity contribution is 0.413. The fraction of sp³-hybridized carbons (Fsp3) is 0.429. The largest absolute Gasteiger partial charge is 0.497 e. The molecule has 106 valence electrons. The van der Waals surface area contributed by atoms with Crippen LogP contribution in [0.3, 0.4) is 0 Å². The molecule has 20 heavy (non-hydrogen) atoms. The van der Waals surface area contributed by atoms with Gasteiger partial charge in [0, 0.05) is 11.3 Å². The van der Waals surface area contributed by atoms with Crippen molar-refractivity contribution in [2.45, 2.75) is 29.0 Å². The van der Waals surface area contributed by atoms with Gasteiger partial charge < -0.3 is 10.1 Å². The van der Waals surface area contributed by atoms with Crippen LogP contribution in [-0.4, -0.2) is 29.6 Å². The highest BCUT2D eigenvalue weighted by molar-refractivity contribution is 8.01. The predicted molar refractivity (Wildman–Crippen MR) is 82.8 cm³/mol. The Morgan fingerprint density at radius 2 is 2.25 bits per heavy atom. The van der Waals surface area contributed by atoms with E-state index < -0.39 is 0 Å². The summed E-state index contributed by atoms with van der Waals surface area (Å²) in [6.07, 6.45) is 1.05. The van der Waals surface area contributed by atoms with E-state index in [0.717, 1.165) is 21.5 Å². The SMILES string of the molecule is CNC1c2cc(OC)ccc2CC1Sc1nnc(C)s1. The Bertz CT molecular complexity index is 614. The van der Waals surface area contributed by atoms with Gasteiger partial charge in [-0.2, -0.15) is 0 Å². The monoisotopic (exact) mass is 307 g/mol. The van der Waals surface area contributed by atoms with Gasteiger partial charge in [0.15, 0.2) is 4.34 Å². The molecule has 2 unspecified atom stereocenters. The number of methoxy groups -OCH3 is 1. The third-order valence-electron chi connectivity index (χ3n) is 3.55. The second-order valence-electron chi connectivity index (χ2n) is 4.78. The van der Waals surface area contributed by atoms with Gasteiger partial charge in [-0.15, -0.1) is 10.2 Å². The standard InChI is InChI=1S/C14H17N3OS2/c1-8-16-17-14(19-8)20-12-6-9-4-5-10(18-3)7-11(9)13(12)15-2/h4-5,7,12-13,15H,6H2,1-3H3. The maximum atomic E-state index is 5.33. The third-order valence-corrected chi connectivity index (χ3v) is 5.75. The maximum Gasteiger partial charge on any atom is 0.174 e. The van der Waals surface area contributed by atoms with Crippen LogP contribution in [0.2, 0.25) is 0 Å². The van der Waals surface area contributed by atoms with Gasteiger partial charge in [0.1, 0.15) is 10.8 Å². The van der Waals surface area contributed by atoms with Crippen LogP contribution in [0.5, 0.6) is 5.75 Å². The zero-order chi connectivity index (χ0) is 14.1. The van der Waals surface area contributed by atoms with Gasteiger partial charge in [-0.25, -0.2) is 0 Å². The molecule has 1 aromatic carbocycles. The Labute approximate surface area is 127 Å². The summed E-state index contributed by atoms with van der Waals surface area (Å²) in [7, 11) is 3.72. The van der Waals surface area contributed by atoms with E-state index in [4.69, 9.17) is 4.74 Å². The molecule has 1 N–H and O–H groups in total. The van der Waals surface area contributed by atoms with Crippen LogP contribution in [-0.2, 0) is 6.42 Å². The van der Waals surface area contributed by atoms with Crippen molar-refractivity contribution in [2.24, 2.45) is 0 Å². The van der Waals surface area contributed by atoms with Gasteiger partial charge in [-0.3, -0.25) is 0 Å². The number of aromatic nitrogens is 2. The molecule has 0 saturated heterocycles. The van der Waals surface area contributed by atoms with E-state index in [1.54, 1.807) is 18.4 Å². The summed E-state index contributed by atoms with van der Waals surface area (Å²) in [6.45, 7) is 1.99. The number of fused-ring (bicyclic) bond motifs is 1. The van der Waals surface area contributed by atoms with Crippen LogP contribution in [0, 0.1) is 6.92 Å². The minimum Gasteiger partial charge on any atom is -0.497 e. The number of hydrogen-bond donors (Lipinski definition) is 1. The average molecular weight is 307 g/mol. The minimum atomic E-state index is 0.328. The van der Waals surface area contributed by atoms with Crippen molar-refractivity contribution in [1.29, 1.82) is 0 Å². The van der Waals surface area contributed by atoms with Crippen molar-refractivity contribution in [2.75, 3.05) is 14.2 Å². The van der Waals surface area contributed by atoms with Gasteiger partial charge >= 0.3 is 0 Å². The Balaban J connectivity index is 1.84. The summed E-state index contributed by atoms with van der Waals surface area (Å²) >= 11 is 3.48. The molecule has 0 spiro atoms. The average Bonchev–Trinajstić information content (AvgIpc) is 3.01. The van der Waals surface area contributed by atoms with E-state index in [1.165, 1.54) is 11.1 Å². The lowest BCUT2D eigenvalue weighted by atomic mass is 10.1. The Hall–Kier alpha value is -1.11. The highest BCUT2D eigenvalue weighted by atomic mass is 32.2. The van der Waals surface area contributed by atoms with E-state index in [-0.39, 0.29) is 0 Å². The summed E-state index contributed by atoms with van der Waals surface area (Å²) < 4.78 is 6.38. The molecule has 2 aromatic rings. The molecule has 0 saturated carbocycles. The van der Waals surface area contributed by atoms with E-state index in [0.29, 0.717) is 11.3 Å². The predicted octanol–water partition coefficient (Wildman–Crippen LogP) is 2.83. The number of benzene rings is 1. The minimum absolute atomic E-state index is 0.328. The fourth-order valence-corrected chi connectivity index (χ4v) is 4.99. The molecule has 2 atom stereocenters. The summed E-state index contributed by atoms with van der Waals surface area (Å²) in [5.74, 6) is 0.918. The van der Waals surface area contributed by atoms with Gasteiger partial charge in [0.2, 0.25) is 0 Å². The lowest BCUT2D eigenvalue weighted by Gasteiger charge is -2.18. The van der Waals surface area contributed by atoms with Gasteiger partial charge in [0.05, 0.1) is 7.11 Å². The molecule has 1 aliphatic rings. The number of rotatable bonds is 4. The molecule has 3 rings (SSSR count). The molecule has 1 aromatic heterocycles. The molecule has 0 radical (unpaired) electrons. The van der Waals surface area contributed by atoms with E-state index in [1.807, 2.05) is 31.8 Å². The first-order valence-electron chi connectivity index (χ1n) is 6.52. The molecule has 6 heteroatoms. The lowest BCUT2D eigenvalue weighted by Crippen LogP contribution is -2.23. The molecular weight excluding hydrogens is 290 g/mol. The van der Waals surface area contributed by atoms with Crippen LogP contribution >= 0.6 is 23.1 Å². The maximum absolute atomic E-state index is 5.33. The molecule has 1 heterocycles. The topological polar surface area (TPSA) is 47.0 Å². The number of aryl methyl sites for hydroxylation is 1. The highest BCUT2D eigenvalue weighted by Crippen LogP contribution is 2.42. The van der Waals surface area contributed by atoms with Crippen LogP contribution in [0.25, 0.3) is 0 Å². The molecule has 0 fully saturated rings. The Kier molecular flexibility index (Phi) is 3.96. The van der Waals surface area contributed by atoms with Gasteiger partial charge in [-0.05, 0) is 43.7 Å². The van der Waals surface area contributed by atoms with Crippen LogP contribution < -0.4 is 10.1 Å². The van der Waals surface area contributed by atoms with E-state index in [2.05, 4.69) is 27.6 Å². The second-order valence-corrected chi connectivity index (χ2v) is 7.45. The molecule has 4 nitrogen and oxygen atoms in total. The van der Waals surface area contributed by atoms with Crippen LogP contribution in [0.1, 0.15) is 22.2 Å². The quantitative estimate of drug-likeness (QED) is 0.941. The van der Waals surface area contributed by atoms with Crippen LogP contribution in [0.15, 0.2) is 22.5 Å². The number of thioether (sulfide) groups is 1. The van der Waals surface area contributed by atoms with Gasteiger partial charge in [0.25, 0.3) is 0 Å². The normalized spacial score (nSPS) is 20.9. The van der Waals surface area contributed by atoms with Crippen molar-refractivity contribution >= 4 is 23.1 Å². The molecule has 0 bridgehead atoms. The van der Waals surface area contributed by atoms with Crippen molar-refractivity contribution in [1.82, 2.24) is 15.5 Å². The Morgan fingerprint density at radius 1 is 1.40 bits per heavy atom. The summed E-state index contributed by atoms with van der Waals surface area (Å²) in [4.78, 5) is 0. The van der Waals surface area contributed by atoms with Crippen molar-refractivity contribution < 1.29 is 4.74 Å². The third kappa shape index (κ3) is 2.55. The molecular formula is C14H17N3OS2. The van der Waals surface area contributed by atoms with E-state index >= 15 is 0 Å². The van der Waals surface area contributed by atoms with Crippen LogP contribution in [0.4, 0.5) is 0 Å². The summed E-state index contributed by atoms with van der Waals surface area (Å²) in [5, 5.41) is 13.2. The van der Waals surface area contributed by atoms with Crippen molar-refractivity contribution in [3.05, 3.63) is 34.3 Å². The number of nitrogens with one attached hydrogen (secondary N) is 1. The van der Waals surface area contributed by atoms with E-state index in [9.17, 15) is 0 Å². The number of hydrogen-bond acceptors (Lipinski definition) is 6. The first-order chi connectivity index (χ1) is 9.71. The van der Waals surface area contributed by atoms with Crippen molar-refractivity contribution in [3.8, 4) is 5.75 Å². The fourth-order valence-electron chi connectivity index (χ4n) is 2.62. The molecule has 1 aliphatic carbocycles. The zero-order valence-electron chi connectivity index (χ0n) is 11.7. The Morgan fingerprint density at radius 3 is 2.90 bits per heavy atom. The first-order valence-corrected chi connectivity index (χ1v) is 8.21. The molecule has 0 aliphatic heterocycles. The summed E-state index contributed by atoms with van der Waals surface area (Å²) in [5.41, 5.74) is 2.73.